The van der Waals surface area contributed by atoms with E-state index in [2.05, 4.69) is 24.8 Å². The number of ether oxygens (including phenoxy) is 1. The molecule has 0 N–H and O–H groups in total. The molecule has 0 aromatic heterocycles. The summed E-state index contributed by atoms with van der Waals surface area (Å²) in [6.45, 7) is 9.62. The Morgan fingerprint density at radius 3 is 1.78 bits per heavy atom. The largest absolute Gasteiger partial charge is 0.381 e. The van der Waals surface area contributed by atoms with Gasteiger partial charge in [-0.15, -0.1) is 13.2 Å². The third kappa shape index (κ3) is 37.0. The monoisotopic (exact) mass is 128 g/mol. The molecule has 0 rings (SSSR count). The lowest BCUT2D eigenvalue weighted by Crippen LogP contribution is -1.76. The molecule has 0 aromatic rings. The topological polar surface area (TPSA) is 9.23 Å². The zero-order chi connectivity index (χ0) is 7.54. The summed E-state index contributed by atoms with van der Waals surface area (Å²) in [5.41, 5.74) is 0. The summed E-state index contributed by atoms with van der Waals surface area (Å²) in [5.74, 6) is 0. The number of allylic oxidation sites excluding steroid dienone is 1. The van der Waals surface area contributed by atoms with Gasteiger partial charge in [0.1, 0.15) is 0 Å². The summed E-state index contributed by atoms with van der Waals surface area (Å²) in [6.07, 6.45) is 4.67. The van der Waals surface area contributed by atoms with E-state index in [1.165, 1.54) is 0 Å². The average Bonchev–Trinajstić information content (AvgIpc) is 1.91. The molecule has 0 saturated heterocycles. The molecule has 54 valence electrons. The van der Waals surface area contributed by atoms with E-state index >= 15 is 0 Å². The van der Waals surface area contributed by atoms with Crippen molar-refractivity contribution in [1.82, 2.24) is 0 Å². The van der Waals surface area contributed by atoms with Crippen LogP contribution >= 0.6 is 0 Å². The van der Waals surface area contributed by atoms with Gasteiger partial charge >= 0.3 is 0 Å². The van der Waals surface area contributed by atoms with E-state index in [9.17, 15) is 0 Å². The molecule has 0 bridgehead atoms. The van der Waals surface area contributed by atoms with Crippen molar-refractivity contribution in [3.05, 3.63) is 25.3 Å². The van der Waals surface area contributed by atoms with E-state index < -0.39 is 0 Å². The van der Waals surface area contributed by atoms with Crippen molar-refractivity contribution < 1.29 is 4.74 Å². The Hall–Kier alpha value is -0.560. The maximum atomic E-state index is 4.57. The lowest BCUT2D eigenvalue weighted by molar-refractivity contribution is 0.234. The van der Waals surface area contributed by atoms with E-state index in [4.69, 9.17) is 0 Å². The Kier molecular flexibility index (Phi) is 19.6. The highest BCUT2D eigenvalue weighted by Crippen LogP contribution is 1.66. The van der Waals surface area contributed by atoms with Crippen LogP contribution < -0.4 is 0 Å². The van der Waals surface area contributed by atoms with Crippen LogP contribution in [0.25, 0.3) is 0 Å². The van der Waals surface area contributed by atoms with E-state index in [1.54, 1.807) is 13.2 Å². The van der Waals surface area contributed by atoms with E-state index in [0.717, 1.165) is 6.42 Å². The molecule has 0 unspecified atom stereocenters. The van der Waals surface area contributed by atoms with Gasteiger partial charge < -0.3 is 4.74 Å². The fourth-order valence-corrected chi connectivity index (χ4v) is 0.118. The lowest BCUT2D eigenvalue weighted by atomic mass is 10.5. The molecule has 0 heterocycles. The van der Waals surface area contributed by atoms with Crippen molar-refractivity contribution >= 4 is 0 Å². The first-order valence-electron chi connectivity index (χ1n) is 3.04. The van der Waals surface area contributed by atoms with Crippen molar-refractivity contribution in [2.24, 2.45) is 0 Å². The second-order valence-electron chi connectivity index (χ2n) is 1.44. The van der Waals surface area contributed by atoms with Crippen molar-refractivity contribution in [3.63, 3.8) is 0 Å². The highest BCUT2D eigenvalue weighted by atomic mass is 16.5. The third-order valence-corrected chi connectivity index (χ3v) is 0.573. The highest BCUT2D eigenvalue weighted by Gasteiger charge is 1.58. The molecule has 0 saturated carbocycles. The Labute approximate surface area is 58.0 Å². The highest BCUT2D eigenvalue weighted by molar-refractivity contribution is 4.62. The average molecular weight is 128 g/mol. The van der Waals surface area contributed by atoms with Gasteiger partial charge in [0, 0.05) is 7.11 Å². The van der Waals surface area contributed by atoms with Crippen LogP contribution in [0.5, 0.6) is 0 Å². The van der Waals surface area contributed by atoms with Gasteiger partial charge in [-0.25, -0.2) is 0 Å². The minimum absolute atomic E-state index is 0.653. The predicted molar refractivity (Wildman–Crippen MR) is 42.6 cm³/mol. The molecule has 0 aliphatic rings. The maximum absolute atomic E-state index is 4.57. The van der Waals surface area contributed by atoms with Gasteiger partial charge in [0.15, 0.2) is 0 Å². The lowest BCUT2D eigenvalue weighted by Gasteiger charge is -1.79. The van der Waals surface area contributed by atoms with Gasteiger partial charge in [-0.2, -0.15) is 0 Å². The van der Waals surface area contributed by atoms with E-state index in [0.29, 0.717) is 6.61 Å². The smallest absolute Gasteiger partial charge is 0.0641 e. The second-order valence-corrected chi connectivity index (χ2v) is 1.44. The van der Waals surface area contributed by atoms with Crippen LogP contribution in [0, 0.1) is 0 Å². The summed E-state index contributed by atoms with van der Waals surface area (Å²) in [6, 6.07) is 0. The minimum Gasteiger partial charge on any atom is -0.381 e. The first-order chi connectivity index (χ1) is 4.33. The Morgan fingerprint density at radius 1 is 1.33 bits per heavy atom. The zero-order valence-corrected chi connectivity index (χ0v) is 6.39. The van der Waals surface area contributed by atoms with Gasteiger partial charge in [-0.05, 0) is 6.42 Å². The van der Waals surface area contributed by atoms with Crippen LogP contribution in [0.15, 0.2) is 25.3 Å². The SMILES string of the molecule is C=CCC.C=CCOC. The van der Waals surface area contributed by atoms with Crippen LogP contribution in [-0.2, 0) is 4.74 Å². The third-order valence-electron chi connectivity index (χ3n) is 0.573. The fourth-order valence-electron chi connectivity index (χ4n) is 0.118. The van der Waals surface area contributed by atoms with Crippen molar-refractivity contribution in [2.45, 2.75) is 13.3 Å². The molecule has 9 heavy (non-hydrogen) atoms. The van der Waals surface area contributed by atoms with Crippen LogP contribution in [0.2, 0.25) is 0 Å². The second kappa shape index (κ2) is 15.7. The number of hydrogen-bond acceptors (Lipinski definition) is 1. The zero-order valence-electron chi connectivity index (χ0n) is 6.39. The molecule has 0 aliphatic heterocycles. The quantitative estimate of drug-likeness (QED) is 0.530. The summed E-state index contributed by atoms with van der Waals surface area (Å²) in [7, 11) is 1.64. The molecular formula is C8H16O. The molecule has 0 spiro atoms. The maximum Gasteiger partial charge on any atom is 0.0641 e. The molecule has 1 nitrogen and oxygen atoms in total. The molecule has 1 heteroatoms. The molecule has 0 atom stereocenters. The Bertz CT molecular complexity index is 57.6. The standard InChI is InChI=1S/C4H8O.C4H8/c1-3-4-5-2;1-3-4-2/h3H,1,4H2,2H3;3H,1,4H2,2H3. The van der Waals surface area contributed by atoms with Crippen molar-refractivity contribution in [1.29, 1.82) is 0 Å². The van der Waals surface area contributed by atoms with Gasteiger partial charge in [-0.3, -0.25) is 0 Å². The molecule has 0 aromatic carbocycles. The normalized spacial score (nSPS) is 6.89. The number of rotatable bonds is 3. The predicted octanol–water partition coefficient (Wildman–Crippen LogP) is 2.40. The summed E-state index contributed by atoms with van der Waals surface area (Å²) in [5, 5.41) is 0. The Morgan fingerprint density at radius 2 is 1.78 bits per heavy atom. The summed E-state index contributed by atoms with van der Waals surface area (Å²) in [4.78, 5) is 0. The number of methoxy groups -OCH3 is 1. The molecular weight excluding hydrogens is 112 g/mol. The van der Waals surface area contributed by atoms with Gasteiger partial charge in [-0.1, -0.05) is 19.1 Å². The van der Waals surface area contributed by atoms with Gasteiger partial charge in [0.25, 0.3) is 0 Å². The molecule has 0 aliphatic carbocycles. The summed E-state index contributed by atoms with van der Waals surface area (Å²) < 4.78 is 4.57. The van der Waals surface area contributed by atoms with Crippen molar-refractivity contribution in [3.8, 4) is 0 Å². The van der Waals surface area contributed by atoms with Crippen molar-refractivity contribution in [2.75, 3.05) is 13.7 Å². The fraction of sp³-hybridized carbons (Fsp3) is 0.500. The number of hydrogen-bond donors (Lipinski definition) is 0. The van der Waals surface area contributed by atoms with Gasteiger partial charge in [0.2, 0.25) is 0 Å². The van der Waals surface area contributed by atoms with Crippen LogP contribution in [0.1, 0.15) is 13.3 Å². The van der Waals surface area contributed by atoms with Crippen LogP contribution in [0.4, 0.5) is 0 Å². The minimum atomic E-state index is 0.653. The summed E-state index contributed by atoms with van der Waals surface area (Å²) >= 11 is 0. The van der Waals surface area contributed by atoms with Gasteiger partial charge in [0.05, 0.1) is 6.61 Å². The molecule has 0 radical (unpaired) electrons. The first kappa shape index (κ1) is 11.3. The molecule has 0 amide bonds. The molecule has 0 fully saturated rings. The van der Waals surface area contributed by atoms with Crippen LogP contribution in [-0.4, -0.2) is 13.7 Å². The van der Waals surface area contributed by atoms with Crippen LogP contribution in [0.3, 0.4) is 0 Å². The van der Waals surface area contributed by atoms with E-state index in [-0.39, 0.29) is 0 Å². The first-order valence-corrected chi connectivity index (χ1v) is 3.04. The van der Waals surface area contributed by atoms with E-state index in [1.807, 2.05) is 6.08 Å². The Balaban J connectivity index is 0.